The van der Waals surface area contributed by atoms with Crippen LogP contribution in [0, 0.1) is 0 Å². The Hall–Kier alpha value is -2.96. The first-order valence-corrected chi connectivity index (χ1v) is 10.3. The molecule has 7 heteroatoms. The zero-order valence-electron chi connectivity index (χ0n) is 17.9. The Morgan fingerprint density at radius 2 is 1.73 bits per heavy atom. The molecule has 0 saturated heterocycles. The number of carbonyl (C=O) groups is 1. The SMILES string of the molecule is COc1cc(CCC(=O)NCc2ccnc(OC3CCCC3)c2)cc(OC)c1OC. The number of aromatic nitrogens is 1. The first-order valence-electron chi connectivity index (χ1n) is 10.3. The quantitative estimate of drug-likeness (QED) is 0.639. The van der Waals surface area contributed by atoms with Gasteiger partial charge in [0.15, 0.2) is 11.5 Å². The average molecular weight is 415 g/mol. The van der Waals surface area contributed by atoms with Crippen LogP contribution in [0.1, 0.15) is 43.2 Å². The molecule has 1 amide bonds. The summed E-state index contributed by atoms with van der Waals surface area (Å²) in [6.45, 7) is 0.442. The lowest BCUT2D eigenvalue weighted by molar-refractivity contribution is -0.121. The van der Waals surface area contributed by atoms with Crippen molar-refractivity contribution in [2.75, 3.05) is 21.3 Å². The summed E-state index contributed by atoms with van der Waals surface area (Å²) in [5.74, 6) is 2.31. The number of nitrogens with zero attached hydrogens (tertiary/aromatic N) is 1. The second kappa shape index (κ2) is 10.7. The lowest BCUT2D eigenvalue weighted by Gasteiger charge is -2.14. The summed E-state index contributed by atoms with van der Waals surface area (Å²) in [6.07, 6.45) is 7.51. The van der Waals surface area contributed by atoms with Gasteiger partial charge in [0.1, 0.15) is 6.10 Å². The fourth-order valence-corrected chi connectivity index (χ4v) is 3.63. The number of pyridine rings is 1. The highest BCUT2D eigenvalue weighted by molar-refractivity contribution is 5.76. The number of carbonyl (C=O) groups excluding carboxylic acids is 1. The van der Waals surface area contributed by atoms with Crippen molar-refractivity contribution in [1.82, 2.24) is 10.3 Å². The second-order valence-corrected chi connectivity index (χ2v) is 7.34. The molecule has 162 valence electrons. The Morgan fingerprint density at radius 3 is 2.37 bits per heavy atom. The summed E-state index contributed by atoms with van der Waals surface area (Å²) >= 11 is 0. The first kappa shape index (κ1) is 21.7. The number of benzene rings is 1. The molecule has 1 heterocycles. The van der Waals surface area contributed by atoms with Crippen molar-refractivity contribution in [3.8, 4) is 23.1 Å². The van der Waals surface area contributed by atoms with Crippen LogP contribution in [0.5, 0.6) is 23.1 Å². The highest BCUT2D eigenvalue weighted by atomic mass is 16.5. The molecule has 0 unspecified atom stereocenters. The van der Waals surface area contributed by atoms with Gasteiger partial charge in [-0.15, -0.1) is 0 Å². The molecule has 30 heavy (non-hydrogen) atoms. The third-order valence-corrected chi connectivity index (χ3v) is 5.24. The molecule has 1 saturated carbocycles. The maximum atomic E-state index is 12.3. The highest BCUT2D eigenvalue weighted by Gasteiger charge is 2.17. The van der Waals surface area contributed by atoms with E-state index in [2.05, 4.69) is 10.3 Å². The van der Waals surface area contributed by atoms with E-state index in [1.165, 1.54) is 12.8 Å². The summed E-state index contributed by atoms with van der Waals surface area (Å²) in [7, 11) is 4.72. The van der Waals surface area contributed by atoms with Crippen LogP contribution < -0.4 is 24.3 Å². The number of hydrogen-bond donors (Lipinski definition) is 1. The number of aryl methyl sites for hydroxylation is 1. The van der Waals surface area contributed by atoms with Crippen molar-refractivity contribution in [2.45, 2.75) is 51.2 Å². The predicted molar refractivity (Wildman–Crippen MR) is 113 cm³/mol. The van der Waals surface area contributed by atoms with Gasteiger partial charge in [-0.3, -0.25) is 4.79 Å². The average Bonchev–Trinajstić information content (AvgIpc) is 3.28. The Morgan fingerprint density at radius 1 is 1.03 bits per heavy atom. The minimum Gasteiger partial charge on any atom is -0.493 e. The third-order valence-electron chi connectivity index (χ3n) is 5.24. The largest absolute Gasteiger partial charge is 0.493 e. The van der Waals surface area contributed by atoms with Crippen molar-refractivity contribution in [2.24, 2.45) is 0 Å². The Balaban J connectivity index is 1.51. The summed E-state index contributed by atoms with van der Waals surface area (Å²) in [5, 5.41) is 2.96. The molecule has 1 aromatic heterocycles. The summed E-state index contributed by atoms with van der Waals surface area (Å²) in [4.78, 5) is 16.6. The molecule has 0 radical (unpaired) electrons. The molecule has 0 spiro atoms. The van der Waals surface area contributed by atoms with Crippen LogP contribution in [0.2, 0.25) is 0 Å². The van der Waals surface area contributed by atoms with E-state index in [4.69, 9.17) is 18.9 Å². The number of ether oxygens (including phenoxy) is 4. The maximum absolute atomic E-state index is 12.3. The molecule has 1 aliphatic rings. The number of amides is 1. The minimum absolute atomic E-state index is 0.0289. The van der Waals surface area contributed by atoms with Gasteiger partial charge in [0, 0.05) is 25.2 Å². The Bertz CT molecular complexity index is 824. The maximum Gasteiger partial charge on any atom is 0.220 e. The number of hydrogen-bond acceptors (Lipinski definition) is 6. The van der Waals surface area contributed by atoms with E-state index >= 15 is 0 Å². The molecule has 0 aliphatic heterocycles. The molecule has 7 nitrogen and oxygen atoms in total. The van der Waals surface area contributed by atoms with Gasteiger partial charge in [-0.25, -0.2) is 4.98 Å². The van der Waals surface area contributed by atoms with Crippen LogP contribution >= 0.6 is 0 Å². The fourth-order valence-electron chi connectivity index (χ4n) is 3.63. The van der Waals surface area contributed by atoms with Gasteiger partial charge in [0.2, 0.25) is 17.5 Å². The van der Waals surface area contributed by atoms with Crippen molar-refractivity contribution in [1.29, 1.82) is 0 Å². The van der Waals surface area contributed by atoms with Crippen molar-refractivity contribution in [3.05, 3.63) is 41.6 Å². The molecule has 1 fully saturated rings. The number of nitrogens with one attached hydrogen (secondary N) is 1. The van der Waals surface area contributed by atoms with Crippen LogP contribution in [0.3, 0.4) is 0 Å². The molecule has 0 bridgehead atoms. The standard InChI is InChI=1S/C23H30N2O5/c1-27-19-12-16(13-20(28-2)23(19)29-3)8-9-21(26)25-15-17-10-11-24-22(14-17)30-18-6-4-5-7-18/h10-14,18H,4-9,15H2,1-3H3,(H,25,26). The van der Waals surface area contributed by atoms with Gasteiger partial charge in [-0.1, -0.05) is 0 Å². The number of rotatable bonds is 10. The zero-order valence-corrected chi connectivity index (χ0v) is 17.9. The molecule has 1 aliphatic carbocycles. The van der Waals surface area contributed by atoms with Gasteiger partial charge in [-0.05, 0) is 61.4 Å². The Labute approximate surface area is 177 Å². The summed E-state index contributed by atoms with van der Waals surface area (Å²) in [6, 6.07) is 7.52. The molecule has 1 N–H and O–H groups in total. The smallest absolute Gasteiger partial charge is 0.220 e. The first-order chi connectivity index (χ1) is 14.6. The van der Waals surface area contributed by atoms with Crippen LogP contribution in [-0.4, -0.2) is 38.3 Å². The van der Waals surface area contributed by atoms with E-state index in [0.29, 0.717) is 42.5 Å². The normalized spacial score (nSPS) is 13.7. The summed E-state index contributed by atoms with van der Waals surface area (Å²) in [5.41, 5.74) is 1.91. The molecule has 0 atom stereocenters. The molecule has 1 aromatic carbocycles. The fraction of sp³-hybridized carbons (Fsp3) is 0.478. The van der Waals surface area contributed by atoms with Crippen molar-refractivity contribution in [3.63, 3.8) is 0 Å². The zero-order chi connectivity index (χ0) is 21.3. The Kier molecular flexibility index (Phi) is 7.76. The lowest BCUT2D eigenvalue weighted by Crippen LogP contribution is -2.23. The predicted octanol–water partition coefficient (Wildman–Crippen LogP) is 3.68. The van der Waals surface area contributed by atoms with E-state index in [9.17, 15) is 4.79 Å². The van der Waals surface area contributed by atoms with E-state index in [1.807, 2.05) is 24.3 Å². The minimum atomic E-state index is -0.0289. The number of methoxy groups -OCH3 is 3. The molecular formula is C23H30N2O5. The lowest BCUT2D eigenvalue weighted by atomic mass is 10.1. The second-order valence-electron chi connectivity index (χ2n) is 7.34. The third kappa shape index (κ3) is 5.78. The van der Waals surface area contributed by atoms with Crippen molar-refractivity contribution >= 4 is 5.91 Å². The van der Waals surface area contributed by atoms with Gasteiger partial charge in [0.25, 0.3) is 0 Å². The summed E-state index contributed by atoms with van der Waals surface area (Å²) < 4.78 is 22.0. The molecule has 3 rings (SSSR count). The topological polar surface area (TPSA) is 78.9 Å². The van der Waals surface area contributed by atoms with Gasteiger partial charge >= 0.3 is 0 Å². The van der Waals surface area contributed by atoms with E-state index in [1.54, 1.807) is 27.5 Å². The van der Waals surface area contributed by atoms with Crippen LogP contribution in [0.15, 0.2) is 30.5 Å². The van der Waals surface area contributed by atoms with Crippen molar-refractivity contribution < 1.29 is 23.7 Å². The van der Waals surface area contributed by atoms with Crippen LogP contribution in [-0.2, 0) is 17.8 Å². The van der Waals surface area contributed by atoms with Crippen LogP contribution in [0.25, 0.3) is 0 Å². The molecular weight excluding hydrogens is 384 g/mol. The van der Waals surface area contributed by atoms with Gasteiger partial charge in [0.05, 0.1) is 21.3 Å². The van der Waals surface area contributed by atoms with Gasteiger partial charge < -0.3 is 24.3 Å². The van der Waals surface area contributed by atoms with E-state index in [0.717, 1.165) is 24.0 Å². The monoisotopic (exact) mass is 414 g/mol. The van der Waals surface area contributed by atoms with Crippen LogP contribution in [0.4, 0.5) is 0 Å². The molecule has 2 aromatic rings. The van der Waals surface area contributed by atoms with E-state index < -0.39 is 0 Å². The van der Waals surface area contributed by atoms with Gasteiger partial charge in [-0.2, -0.15) is 0 Å². The highest BCUT2D eigenvalue weighted by Crippen LogP contribution is 2.38. The van der Waals surface area contributed by atoms with E-state index in [-0.39, 0.29) is 12.0 Å².